The number of rotatable bonds is 3. The molecule has 0 atom stereocenters. The zero-order valence-corrected chi connectivity index (χ0v) is 15.1. The van der Waals surface area contributed by atoms with Crippen LogP contribution in [0.15, 0.2) is 47.5 Å². The van der Waals surface area contributed by atoms with Crippen LogP contribution in [-0.2, 0) is 6.54 Å². The maximum absolute atomic E-state index is 13.0. The maximum atomic E-state index is 13.0. The fourth-order valence-corrected chi connectivity index (χ4v) is 3.33. The summed E-state index contributed by atoms with van der Waals surface area (Å²) in [4.78, 5) is 38.0. The number of aromatic nitrogens is 4. The number of fused-ring (bicyclic) bond motifs is 1. The minimum absolute atomic E-state index is 0.0139. The Hall–Kier alpha value is -3.29. The van der Waals surface area contributed by atoms with Gasteiger partial charge in [-0.15, -0.1) is 0 Å². The van der Waals surface area contributed by atoms with Gasteiger partial charge in [0.1, 0.15) is 0 Å². The lowest BCUT2D eigenvalue weighted by Crippen LogP contribution is -2.50. The molecule has 8 heteroatoms. The van der Waals surface area contributed by atoms with E-state index in [1.807, 2.05) is 24.0 Å². The number of anilines is 1. The third-order valence-electron chi connectivity index (χ3n) is 4.77. The quantitative estimate of drug-likeness (QED) is 0.694. The van der Waals surface area contributed by atoms with Gasteiger partial charge < -0.3 is 9.80 Å². The van der Waals surface area contributed by atoms with E-state index in [-0.39, 0.29) is 17.0 Å². The molecule has 4 rings (SSSR count). The van der Waals surface area contributed by atoms with Crippen molar-refractivity contribution in [3.8, 4) is 0 Å². The number of carbonyl (C=O) groups excluding carboxylic acids is 1. The van der Waals surface area contributed by atoms with Crippen molar-refractivity contribution in [2.24, 2.45) is 0 Å². The van der Waals surface area contributed by atoms with E-state index in [2.05, 4.69) is 15.1 Å². The second kappa shape index (κ2) is 7.14. The largest absolute Gasteiger partial charge is 0.337 e. The van der Waals surface area contributed by atoms with Crippen molar-refractivity contribution in [2.75, 3.05) is 31.1 Å². The van der Waals surface area contributed by atoms with Crippen LogP contribution < -0.4 is 10.3 Å². The lowest BCUT2D eigenvalue weighted by atomic mass is 10.2. The summed E-state index contributed by atoms with van der Waals surface area (Å²) in [6.07, 6.45) is 3.40. The average molecular weight is 364 g/mol. The summed E-state index contributed by atoms with van der Waals surface area (Å²) in [5, 5.41) is 4.87. The van der Waals surface area contributed by atoms with Crippen LogP contribution in [-0.4, -0.2) is 56.7 Å². The molecule has 1 aromatic carbocycles. The molecule has 138 valence electrons. The first-order valence-electron chi connectivity index (χ1n) is 9.00. The molecule has 3 aromatic rings. The topological polar surface area (TPSA) is 84.2 Å². The average Bonchev–Trinajstić information content (AvgIpc) is 2.74. The van der Waals surface area contributed by atoms with E-state index in [0.29, 0.717) is 44.1 Å². The third kappa shape index (κ3) is 3.14. The van der Waals surface area contributed by atoms with Gasteiger partial charge in [0.2, 0.25) is 11.4 Å². The molecule has 3 heterocycles. The Bertz CT molecular complexity index is 1030. The molecule has 1 amide bonds. The van der Waals surface area contributed by atoms with Crippen LogP contribution in [0.3, 0.4) is 0 Å². The van der Waals surface area contributed by atoms with Crippen LogP contribution in [0.5, 0.6) is 0 Å². The highest BCUT2D eigenvalue weighted by atomic mass is 16.2. The number of hydrogen-bond acceptors (Lipinski definition) is 6. The summed E-state index contributed by atoms with van der Waals surface area (Å²) in [5.74, 6) is 0.336. The molecular weight excluding hydrogens is 344 g/mol. The van der Waals surface area contributed by atoms with Crippen LogP contribution in [0.4, 0.5) is 5.95 Å². The van der Waals surface area contributed by atoms with E-state index in [9.17, 15) is 9.59 Å². The van der Waals surface area contributed by atoms with E-state index >= 15 is 0 Å². The molecule has 0 unspecified atom stereocenters. The highest BCUT2D eigenvalue weighted by Gasteiger charge is 2.27. The van der Waals surface area contributed by atoms with E-state index in [1.54, 1.807) is 40.2 Å². The molecule has 1 aliphatic rings. The van der Waals surface area contributed by atoms with Crippen LogP contribution in [0.2, 0.25) is 0 Å². The second-order valence-corrected chi connectivity index (χ2v) is 6.34. The van der Waals surface area contributed by atoms with Gasteiger partial charge in [0, 0.05) is 50.5 Å². The Labute approximate surface area is 156 Å². The highest BCUT2D eigenvalue weighted by molar-refractivity contribution is 5.95. The number of piperazine rings is 1. The maximum Gasteiger partial charge on any atom is 0.278 e. The lowest BCUT2D eigenvalue weighted by molar-refractivity contribution is 0.0736. The van der Waals surface area contributed by atoms with Crippen molar-refractivity contribution in [1.82, 2.24) is 24.6 Å². The van der Waals surface area contributed by atoms with Crippen LogP contribution in [0.1, 0.15) is 17.4 Å². The summed E-state index contributed by atoms with van der Waals surface area (Å²) in [6.45, 7) is 4.75. The molecule has 1 saturated heterocycles. The normalized spacial score (nSPS) is 14.6. The molecule has 0 aliphatic carbocycles. The molecule has 0 spiro atoms. The van der Waals surface area contributed by atoms with Gasteiger partial charge in [0.05, 0.1) is 5.52 Å². The Morgan fingerprint density at radius 3 is 2.44 bits per heavy atom. The van der Waals surface area contributed by atoms with Crippen molar-refractivity contribution in [3.05, 3.63) is 58.6 Å². The van der Waals surface area contributed by atoms with E-state index in [4.69, 9.17) is 0 Å². The first-order valence-corrected chi connectivity index (χ1v) is 9.00. The van der Waals surface area contributed by atoms with E-state index < -0.39 is 0 Å². The van der Waals surface area contributed by atoms with Crippen LogP contribution in [0.25, 0.3) is 10.9 Å². The first-order chi connectivity index (χ1) is 13.2. The molecule has 0 bridgehead atoms. The van der Waals surface area contributed by atoms with Gasteiger partial charge in [-0.05, 0) is 25.1 Å². The minimum atomic E-state index is -0.318. The second-order valence-electron chi connectivity index (χ2n) is 6.34. The molecule has 8 nitrogen and oxygen atoms in total. The predicted molar refractivity (Wildman–Crippen MR) is 102 cm³/mol. The molecule has 2 aromatic heterocycles. The van der Waals surface area contributed by atoms with Gasteiger partial charge in [0.15, 0.2) is 5.69 Å². The van der Waals surface area contributed by atoms with Crippen molar-refractivity contribution in [3.63, 3.8) is 0 Å². The summed E-state index contributed by atoms with van der Waals surface area (Å²) >= 11 is 0. The number of para-hydroxylation sites is 1. The monoisotopic (exact) mass is 364 g/mol. The lowest BCUT2D eigenvalue weighted by Gasteiger charge is -2.34. The summed E-state index contributed by atoms with van der Waals surface area (Å²) < 4.78 is 1.71. The van der Waals surface area contributed by atoms with Gasteiger partial charge >= 0.3 is 0 Å². The number of carbonyl (C=O) groups is 1. The number of nitrogens with zero attached hydrogens (tertiary/aromatic N) is 6. The fraction of sp³-hybridized carbons (Fsp3) is 0.316. The fourth-order valence-electron chi connectivity index (χ4n) is 3.33. The van der Waals surface area contributed by atoms with Crippen molar-refractivity contribution in [1.29, 1.82) is 0 Å². The predicted octanol–water partition coefficient (Wildman–Crippen LogP) is 1.17. The zero-order chi connectivity index (χ0) is 18.8. The Kier molecular flexibility index (Phi) is 4.53. The standard InChI is InChI=1S/C19H20N6O2/c1-2-25-15-7-4-3-6-14(15)17(26)16(22-25)18(27)23-10-12-24(13-11-23)19-20-8-5-9-21-19/h3-9H,2,10-13H2,1H3. The van der Waals surface area contributed by atoms with Crippen LogP contribution >= 0.6 is 0 Å². The number of hydrogen-bond donors (Lipinski definition) is 0. The van der Waals surface area contributed by atoms with Gasteiger partial charge in [-0.3, -0.25) is 14.3 Å². The van der Waals surface area contributed by atoms with E-state index in [1.165, 1.54) is 0 Å². The first kappa shape index (κ1) is 17.1. The summed E-state index contributed by atoms with van der Waals surface area (Å²) in [6, 6.07) is 9.03. The molecule has 0 N–H and O–H groups in total. The summed E-state index contributed by atoms with van der Waals surface area (Å²) in [7, 11) is 0. The number of amides is 1. The van der Waals surface area contributed by atoms with Gasteiger partial charge in [-0.25, -0.2) is 9.97 Å². The molecule has 1 aliphatic heterocycles. The van der Waals surface area contributed by atoms with Gasteiger partial charge in [-0.1, -0.05) is 12.1 Å². The highest BCUT2D eigenvalue weighted by Crippen LogP contribution is 2.13. The number of aryl methyl sites for hydroxylation is 1. The molecule has 0 saturated carbocycles. The van der Waals surface area contributed by atoms with Crippen molar-refractivity contribution in [2.45, 2.75) is 13.5 Å². The van der Waals surface area contributed by atoms with Crippen molar-refractivity contribution >= 4 is 22.8 Å². The van der Waals surface area contributed by atoms with E-state index in [0.717, 1.165) is 5.52 Å². The van der Waals surface area contributed by atoms with Crippen LogP contribution in [0, 0.1) is 0 Å². The summed E-state index contributed by atoms with van der Waals surface area (Å²) in [5.41, 5.74) is 0.418. The third-order valence-corrected chi connectivity index (χ3v) is 4.77. The molecular formula is C19H20N6O2. The molecule has 1 fully saturated rings. The van der Waals surface area contributed by atoms with Gasteiger partial charge in [0.25, 0.3) is 5.91 Å². The minimum Gasteiger partial charge on any atom is -0.337 e. The van der Waals surface area contributed by atoms with Gasteiger partial charge in [-0.2, -0.15) is 5.10 Å². The SMILES string of the molecule is CCn1nc(C(=O)N2CCN(c3ncccn3)CC2)c(=O)c2ccccc21. The Morgan fingerprint density at radius 1 is 1.04 bits per heavy atom. The number of benzene rings is 1. The van der Waals surface area contributed by atoms with Crippen molar-refractivity contribution < 1.29 is 4.79 Å². The smallest absolute Gasteiger partial charge is 0.278 e. The zero-order valence-electron chi connectivity index (χ0n) is 15.1. The molecule has 0 radical (unpaired) electrons. The Balaban J connectivity index is 1.59. The Morgan fingerprint density at radius 2 is 1.74 bits per heavy atom. The molecule has 27 heavy (non-hydrogen) atoms.